The van der Waals surface area contributed by atoms with Crippen LogP contribution in [0.1, 0.15) is 33.2 Å². The number of aromatic amines is 1. The van der Waals surface area contributed by atoms with Crippen molar-refractivity contribution in [1.29, 1.82) is 0 Å². The minimum absolute atomic E-state index is 0.112. The van der Waals surface area contributed by atoms with E-state index in [0.717, 1.165) is 39.4 Å². The van der Waals surface area contributed by atoms with Crippen LogP contribution in [0.25, 0.3) is 11.3 Å². The van der Waals surface area contributed by atoms with Gasteiger partial charge in [0.15, 0.2) is 0 Å². The zero-order valence-corrected chi connectivity index (χ0v) is 17.9. The number of hydrogen-bond acceptors (Lipinski definition) is 3. The lowest BCUT2D eigenvalue weighted by molar-refractivity contribution is 0.0988. The van der Waals surface area contributed by atoms with Crippen LogP contribution < -0.4 is 9.64 Å². The van der Waals surface area contributed by atoms with E-state index >= 15 is 0 Å². The molecule has 0 radical (unpaired) electrons. The molecule has 6 heteroatoms. The number of halogens is 1. The molecule has 0 fully saturated rings. The monoisotopic (exact) mass is 429 g/mol. The standard InChI is InChI=1S/C25H20ClN3O2/c1-15-6-12-19(13-7-15)29-24(17-4-3-5-20(14-17)31-2)21-22(27-28-23(21)25(29)30)16-8-10-18(26)11-9-16/h3-14,24H,1-2H3,(H,27,28)/t24-/m1/s1. The summed E-state index contributed by atoms with van der Waals surface area (Å²) in [4.78, 5) is 15.3. The lowest BCUT2D eigenvalue weighted by Crippen LogP contribution is -2.29. The first kappa shape index (κ1) is 19.4. The van der Waals surface area contributed by atoms with Crippen molar-refractivity contribution in [3.8, 4) is 17.0 Å². The summed E-state index contributed by atoms with van der Waals surface area (Å²) in [6.07, 6.45) is 0. The SMILES string of the molecule is COc1cccc([C@@H]2c3c(-c4ccc(Cl)cc4)n[nH]c3C(=O)N2c2ccc(C)cc2)c1. The van der Waals surface area contributed by atoms with E-state index in [1.807, 2.05) is 84.6 Å². The van der Waals surface area contributed by atoms with Gasteiger partial charge in [-0.3, -0.25) is 14.8 Å². The summed E-state index contributed by atoms with van der Waals surface area (Å²) in [7, 11) is 1.64. The highest BCUT2D eigenvalue weighted by atomic mass is 35.5. The molecule has 0 saturated carbocycles. The zero-order valence-electron chi connectivity index (χ0n) is 17.1. The molecule has 0 bridgehead atoms. The van der Waals surface area contributed by atoms with Crippen molar-refractivity contribution in [3.05, 3.63) is 100 Å². The average Bonchev–Trinajstić information content (AvgIpc) is 3.34. The molecule has 0 aliphatic carbocycles. The van der Waals surface area contributed by atoms with E-state index in [2.05, 4.69) is 10.2 Å². The van der Waals surface area contributed by atoms with E-state index in [0.29, 0.717) is 10.7 Å². The summed E-state index contributed by atoms with van der Waals surface area (Å²) in [6, 6.07) is 22.9. The van der Waals surface area contributed by atoms with Crippen molar-refractivity contribution in [1.82, 2.24) is 10.2 Å². The number of carbonyl (C=O) groups excluding carboxylic acids is 1. The molecule has 31 heavy (non-hydrogen) atoms. The number of ether oxygens (including phenoxy) is 1. The second-order valence-corrected chi connectivity index (χ2v) is 7.99. The molecule has 1 aliphatic heterocycles. The Morgan fingerprint density at radius 1 is 1.03 bits per heavy atom. The Labute approximate surface area is 185 Å². The molecule has 1 amide bonds. The summed E-state index contributed by atoms with van der Waals surface area (Å²) >= 11 is 6.08. The molecule has 1 aromatic heterocycles. The second-order valence-electron chi connectivity index (χ2n) is 7.56. The van der Waals surface area contributed by atoms with Crippen molar-refractivity contribution in [3.63, 3.8) is 0 Å². The Morgan fingerprint density at radius 2 is 1.77 bits per heavy atom. The molecule has 4 aromatic rings. The smallest absolute Gasteiger partial charge is 0.277 e. The van der Waals surface area contributed by atoms with Crippen LogP contribution in [0.5, 0.6) is 5.75 Å². The predicted octanol–water partition coefficient (Wildman–Crippen LogP) is 5.80. The van der Waals surface area contributed by atoms with Gasteiger partial charge in [-0.1, -0.05) is 53.6 Å². The summed E-state index contributed by atoms with van der Waals surface area (Å²) < 4.78 is 5.45. The van der Waals surface area contributed by atoms with Gasteiger partial charge in [-0.25, -0.2) is 0 Å². The summed E-state index contributed by atoms with van der Waals surface area (Å²) in [5, 5.41) is 8.14. The number of fused-ring (bicyclic) bond motifs is 1. The molecule has 3 aromatic carbocycles. The van der Waals surface area contributed by atoms with Crippen molar-refractivity contribution >= 4 is 23.2 Å². The molecule has 5 rings (SSSR count). The van der Waals surface area contributed by atoms with Gasteiger partial charge in [0, 0.05) is 21.8 Å². The fraction of sp³-hybridized carbons (Fsp3) is 0.120. The number of H-pyrrole nitrogens is 1. The lowest BCUT2D eigenvalue weighted by atomic mass is 9.95. The molecule has 1 aliphatic rings. The van der Waals surface area contributed by atoms with Gasteiger partial charge < -0.3 is 4.74 Å². The van der Waals surface area contributed by atoms with Crippen LogP contribution in [0.3, 0.4) is 0 Å². The fourth-order valence-corrected chi connectivity index (χ4v) is 4.20. The number of anilines is 1. The molecule has 2 heterocycles. The molecule has 0 saturated heterocycles. The molecule has 154 valence electrons. The highest BCUT2D eigenvalue weighted by Crippen LogP contribution is 2.45. The highest BCUT2D eigenvalue weighted by molar-refractivity contribution is 6.30. The maximum absolute atomic E-state index is 13.5. The van der Waals surface area contributed by atoms with E-state index in [-0.39, 0.29) is 11.9 Å². The van der Waals surface area contributed by atoms with Gasteiger partial charge in [0.05, 0.1) is 18.8 Å². The topological polar surface area (TPSA) is 58.2 Å². The van der Waals surface area contributed by atoms with Crippen LogP contribution in [0.2, 0.25) is 5.02 Å². The third kappa shape index (κ3) is 3.27. The van der Waals surface area contributed by atoms with Crippen LogP contribution >= 0.6 is 11.6 Å². The first-order valence-corrected chi connectivity index (χ1v) is 10.3. The second kappa shape index (κ2) is 7.60. The predicted molar refractivity (Wildman–Crippen MR) is 122 cm³/mol. The summed E-state index contributed by atoms with van der Waals surface area (Å²) in [5.74, 6) is 0.623. The first-order valence-electron chi connectivity index (χ1n) is 9.95. The number of aromatic nitrogens is 2. The van der Waals surface area contributed by atoms with Crippen molar-refractivity contribution < 1.29 is 9.53 Å². The Bertz CT molecular complexity index is 1260. The van der Waals surface area contributed by atoms with E-state index in [1.54, 1.807) is 7.11 Å². The largest absolute Gasteiger partial charge is 0.497 e. The Kier molecular flexibility index (Phi) is 4.75. The number of nitrogens with one attached hydrogen (secondary N) is 1. The maximum Gasteiger partial charge on any atom is 0.277 e. The Hall–Kier alpha value is -3.57. The summed E-state index contributed by atoms with van der Waals surface area (Å²) in [6.45, 7) is 2.03. The van der Waals surface area contributed by atoms with Crippen LogP contribution in [-0.4, -0.2) is 23.2 Å². The van der Waals surface area contributed by atoms with Crippen molar-refractivity contribution in [2.45, 2.75) is 13.0 Å². The van der Waals surface area contributed by atoms with Crippen LogP contribution in [0.15, 0.2) is 72.8 Å². The number of nitrogens with zero attached hydrogens (tertiary/aromatic N) is 2. The number of rotatable bonds is 4. The number of hydrogen-bond donors (Lipinski definition) is 1. The van der Waals surface area contributed by atoms with E-state index in [4.69, 9.17) is 16.3 Å². The lowest BCUT2D eigenvalue weighted by Gasteiger charge is -2.27. The van der Waals surface area contributed by atoms with Gasteiger partial charge in [-0.15, -0.1) is 0 Å². The molecular weight excluding hydrogens is 410 g/mol. The minimum Gasteiger partial charge on any atom is -0.497 e. The highest BCUT2D eigenvalue weighted by Gasteiger charge is 2.43. The minimum atomic E-state index is -0.343. The number of amides is 1. The zero-order chi connectivity index (χ0) is 21.5. The van der Waals surface area contributed by atoms with Crippen molar-refractivity contribution in [2.24, 2.45) is 0 Å². The van der Waals surface area contributed by atoms with Crippen LogP contribution in [-0.2, 0) is 0 Å². The third-order valence-corrected chi connectivity index (χ3v) is 5.86. The number of aryl methyl sites for hydroxylation is 1. The molecule has 1 N–H and O–H groups in total. The number of benzene rings is 3. The molecule has 0 spiro atoms. The van der Waals surface area contributed by atoms with Crippen LogP contribution in [0, 0.1) is 6.92 Å². The Balaban J connectivity index is 1.72. The van der Waals surface area contributed by atoms with E-state index in [9.17, 15) is 4.79 Å². The quantitative estimate of drug-likeness (QED) is 0.446. The average molecular weight is 430 g/mol. The van der Waals surface area contributed by atoms with Gasteiger partial charge in [0.1, 0.15) is 11.4 Å². The van der Waals surface area contributed by atoms with E-state index in [1.165, 1.54) is 0 Å². The van der Waals surface area contributed by atoms with Crippen molar-refractivity contribution in [2.75, 3.05) is 12.0 Å². The first-order chi connectivity index (χ1) is 15.1. The normalized spacial score (nSPS) is 15.3. The molecular formula is C25H20ClN3O2. The van der Waals surface area contributed by atoms with Crippen LogP contribution in [0.4, 0.5) is 5.69 Å². The molecule has 5 nitrogen and oxygen atoms in total. The van der Waals surface area contributed by atoms with Gasteiger partial charge >= 0.3 is 0 Å². The molecule has 1 atom stereocenters. The fourth-order valence-electron chi connectivity index (χ4n) is 4.07. The van der Waals surface area contributed by atoms with E-state index < -0.39 is 0 Å². The van der Waals surface area contributed by atoms with Gasteiger partial charge in [-0.2, -0.15) is 5.10 Å². The number of carbonyl (C=O) groups is 1. The molecule has 0 unspecified atom stereocenters. The van der Waals surface area contributed by atoms with Gasteiger partial charge in [0.25, 0.3) is 5.91 Å². The maximum atomic E-state index is 13.5. The van der Waals surface area contributed by atoms with Gasteiger partial charge in [0.2, 0.25) is 0 Å². The Morgan fingerprint density at radius 3 is 2.48 bits per heavy atom. The summed E-state index contributed by atoms with van der Waals surface area (Å²) in [5.41, 5.74) is 5.89. The third-order valence-electron chi connectivity index (χ3n) is 5.61. The number of methoxy groups -OCH3 is 1. The van der Waals surface area contributed by atoms with Gasteiger partial charge in [-0.05, 0) is 48.9 Å².